The Morgan fingerprint density at radius 3 is 2.96 bits per heavy atom. The molecular formula is C20H22N6O2. The zero-order valence-electron chi connectivity index (χ0n) is 15.6. The number of hydrogen-bond acceptors (Lipinski definition) is 7. The highest BCUT2D eigenvalue weighted by Crippen LogP contribution is 2.36. The quantitative estimate of drug-likeness (QED) is 0.720. The summed E-state index contributed by atoms with van der Waals surface area (Å²) in [5.74, 6) is 0.872. The second-order valence-electron chi connectivity index (χ2n) is 7.91. The first-order chi connectivity index (χ1) is 13.6. The lowest BCUT2D eigenvalue weighted by Crippen LogP contribution is -2.50. The Morgan fingerprint density at radius 2 is 2.25 bits per heavy atom. The Morgan fingerprint density at radius 1 is 1.32 bits per heavy atom. The molecular weight excluding hydrogens is 356 g/mol. The van der Waals surface area contributed by atoms with Gasteiger partial charge in [-0.2, -0.15) is 0 Å². The number of imidazole rings is 1. The van der Waals surface area contributed by atoms with Crippen LogP contribution in [0.4, 0.5) is 0 Å². The van der Waals surface area contributed by atoms with E-state index in [4.69, 9.17) is 4.74 Å². The lowest BCUT2D eigenvalue weighted by atomic mass is 9.91. The number of hydrogen-bond donors (Lipinski definition) is 2. The lowest BCUT2D eigenvalue weighted by Gasteiger charge is -2.36. The summed E-state index contributed by atoms with van der Waals surface area (Å²) < 4.78 is 7.85. The summed E-state index contributed by atoms with van der Waals surface area (Å²) in [5, 5.41) is 22.4. The number of nitrogens with zero attached hydrogens (tertiary/aromatic N) is 5. The molecule has 3 atom stereocenters. The van der Waals surface area contributed by atoms with E-state index in [1.807, 2.05) is 16.8 Å². The van der Waals surface area contributed by atoms with Crippen LogP contribution >= 0.6 is 0 Å². The monoisotopic (exact) mass is 378 g/mol. The van der Waals surface area contributed by atoms with Gasteiger partial charge < -0.3 is 19.7 Å². The van der Waals surface area contributed by atoms with Crippen molar-refractivity contribution in [3.05, 3.63) is 43.1 Å². The minimum Gasteiger partial charge on any atom is -0.507 e. The van der Waals surface area contributed by atoms with Crippen LogP contribution in [-0.4, -0.2) is 47.5 Å². The minimum absolute atomic E-state index is 0.0875. The van der Waals surface area contributed by atoms with Gasteiger partial charge in [0.2, 0.25) is 0 Å². The largest absolute Gasteiger partial charge is 0.507 e. The molecule has 2 fully saturated rings. The van der Waals surface area contributed by atoms with Crippen molar-refractivity contribution >= 4 is 0 Å². The third-order valence-electron chi connectivity index (χ3n) is 5.68. The highest BCUT2D eigenvalue weighted by Gasteiger charge is 2.42. The number of ether oxygens (including phenoxy) is 1. The van der Waals surface area contributed by atoms with Gasteiger partial charge in [0, 0.05) is 36.5 Å². The number of aromatic hydroxyl groups is 1. The van der Waals surface area contributed by atoms with E-state index >= 15 is 0 Å². The summed E-state index contributed by atoms with van der Waals surface area (Å²) in [6.07, 6.45) is 11.2. The fraction of sp³-hybridized carbons (Fsp3) is 0.400. The SMILES string of the molecule is C[C@]12CCC(C[C@@H](Oc3cnc(-c4ccc(-n5ccnc5)cc4O)nn3)C1)N2. The van der Waals surface area contributed by atoms with Crippen molar-refractivity contribution in [2.24, 2.45) is 0 Å². The molecule has 8 nitrogen and oxygen atoms in total. The Balaban J connectivity index is 1.31. The van der Waals surface area contributed by atoms with Gasteiger partial charge in [-0.05, 0) is 38.3 Å². The van der Waals surface area contributed by atoms with E-state index in [-0.39, 0.29) is 17.4 Å². The molecule has 2 saturated heterocycles. The molecule has 144 valence electrons. The molecule has 1 unspecified atom stereocenters. The predicted molar refractivity (Wildman–Crippen MR) is 102 cm³/mol. The maximum atomic E-state index is 10.4. The number of fused-ring (bicyclic) bond motifs is 2. The molecule has 8 heteroatoms. The van der Waals surface area contributed by atoms with Crippen LogP contribution in [0, 0.1) is 0 Å². The second kappa shape index (κ2) is 6.56. The molecule has 1 aromatic carbocycles. The van der Waals surface area contributed by atoms with Gasteiger partial charge >= 0.3 is 0 Å². The third-order valence-corrected chi connectivity index (χ3v) is 5.68. The number of piperidine rings is 1. The Kier molecular flexibility index (Phi) is 4.01. The lowest BCUT2D eigenvalue weighted by molar-refractivity contribution is 0.102. The van der Waals surface area contributed by atoms with E-state index in [2.05, 4.69) is 32.4 Å². The molecule has 0 radical (unpaired) electrons. The number of rotatable bonds is 4. The number of nitrogens with one attached hydrogen (secondary N) is 1. The summed E-state index contributed by atoms with van der Waals surface area (Å²) in [5.41, 5.74) is 1.49. The minimum atomic E-state index is 0.0875. The van der Waals surface area contributed by atoms with Crippen molar-refractivity contribution in [3.8, 4) is 28.7 Å². The van der Waals surface area contributed by atoms with Gasteiger partial charge in [-0.15, -0.1) is 10.2 Å². The zero-order chi connectivity index (χ0) is 19.1. The first kappa shape index (κ1) is 17.1. The molecule has 0 aliphatic carbocycles. The topological polar surface area (TPSA) is 98.0 Å². The molecule has 5 rings (SSSR count). The molecule has 0 amide bonds. The number of phenolic OH excluding ortho intramolecular Hbond substituents is 1. The normalized spacial score (nSPS) is 26.3. The van der Waals surface area contributed by atoms with Gasteiger partial charge in [-0.25, -0.2) is 9.97 Å². The van der Waals surface area contributed by atoms with E-state index in [9.17, 15) is 5.11 Å². The summed E-state index contributed by atoms with van der Waals surface area (Å²) in [7, 11) is 0. The van der Waals surface area contributed by atoms with Crippen LogP contribution in [0.5, 0.6) is 11.6 Å². The number of benzene rings is 1. The van der Waals surface area contributed by atoms with Crippen LogP contribution in [0.3, 0.4) is 0 Å². The standard InChI is InChI=1S/C20H22N6O2/c1-20-5-4-13(23-20)8-15(10-20)28-18-11-22-19(25-24-18)16-3-2-14(9-17(16)27)26-7-6-21-12-26/h2-3,6-7,9,11-13,15,23,27H,4-5,8,10H2,1H3/t13?,15-,20+/m1/s1. The van der Waals surface area contributed by atoms with E-state index in [1.54, 1.807) is 30.9 Å². The van der Waals surface area contributed by atoms with Crippen LogP contribution in [0.1, 0.15) is 32.6 Å². The van der Waals surface area contributed by atoms with Crippen molar-refractivity contribution in [2.45, 2.75) is 50.3 Å². The van der Waals surface area contributed by atoms with Crippen LogP contribution in [0.15, 0.2) is 43.1 Å². The Labute approximate surface area is 162 Å². The van der Waals surface area contributed by atoms with Crippen molar-refractivity contribution in [2.75, 3.05) is 0 Å². The molecule has 4 heterocycles. The fourth-order valence-corrected chi connectivity index (χ4v) is 4.36. The predicted octanol–water partition coefficient (Wildman–Crippen LogP) is 2.48. The zero-order valence-corrected chi connectivity index (χ0v) is 15.6. The smallest absolute Gasteiger partial charge is 0.252 e. The van der Waals surface area contributed by atoms with Gasteiger partial charge in [0.15, 0.2) is 5.82 Å². The average molecular weight is 378 g/mol. The van der Waals surface area contributed by atoms with Crippen molar-refractivity contribution < 1.29 is 9.84 Å². The molecule has 2 bridgehead atoms. The highest BCUT2D eigenvalue weighted by atomic mass is 16.5. The first-order valence-electron chi connectivity index (χ1n) is 9.54. The van der Waals surface area contributed by atoms with Crippen LogP contribution in [0.25, 0.3) is 17.1 Å². The Bertz CT molecular complexity index is 975. The van der Waals surface area contributed by atoms with E-state index in [0.717, 1.165) is 18.5 Å². The molecule has 3 aromatic rings. The van der Waals surface area contributed by atoms with E-state index in [1.165, 1.54) is 12.8 Å². The summed E-state index contributed by atoms with van der Waals surface area (Å²) in [6.45, 7) is 2.26. The summed E-state index contributed by atoms with van der Waals surface area (Å²) in [6, 6.07) is 5.81. The molecule has 2 aliphatic rings. The van der Waals surface area contributed by atoms with Crippen molar-refractivity contribution in [3.63, 3.8) is 0 Å². The molecule has 0 spiro atoms. The van der Waals surface area contributed by atoms with Crippen LogP contribution in [-0.2, 0) is 0 Å². The van der Waals surface area contributed by atoms with Crippen molar-refractivity contribution in [1.82, 2.24) is 30.0 Å². The number of aromatic nitrogens is 5. The van der Waals surface area contributed by atoms with Gasteiger partial charge in [0.05, 0.1) is 23.8 Å². The molecule has 2 N–H and O–H groups in total. The highest BCUT2D eigenvalue weighted by molar-refractivity contribution is 5.65. The molecule has 2 aromatic heterocycles. The average Bonchev–Trinajstić information content (AvgIpc) is 3.30. The summed E-state index contributed by atoms with van der Waals surface area (Å²) in [4.78, 5) is 8.36. The number of phenols is 1. The maximum absolute atomic E-state index is 10.4. The van der Waals surface area contributed by atoms with E-state index in [0.29, 0.717) is 23.3 Å². The molecule has 28 heavy (non-hydrogen) atoms. The van der Waals surface area contributed by atoms with Gasteiger partial charge in [-0.3, -0.25) is 0 Å². The Hall–Kier alpha value is -3.00. The van der Waals surface area contributed by atoms with Gasteiger partial charge in [0.25, 0.3) is 5.88 Å². The fourth-order valence-electron chi connectivity index (χ4n) is 4.36. The first-order valence-corrected chi connectivity index (χ1v) is 9.54. The second-order valence-corrected chi connectivity index (χ2v) is 7.91. The van der Waals surface area contributed by atoms with Crippen LogP contribution in [0.2, 0.25) is 0 Å². The van der Waals surface area contributed by atoms with Crippen molar-refractivity contribution in [1.29, 1.82) is 0 Å². The van der Waals surface area contributed by atoms with Crippen LogP contribution < -0.4 is 10.1 Å². The maximum Gasteiger partial charge on any atom is 0.252 e. The van der Waals surface area contributed by atoms with Gasteiger partial charge in [0.1, 0.15) is 11.9 Å². The summed E-state index contributed by atoms with van der Waals surface area (Å²) >= 11 is 0. The van der Waals surface area contributed by atoms with E-state index < -0.39 is 0 Å². The molecule has 0 saturated carbocycles. The molecule has 2 aliphatic heterocycles. The van der Waals surface area contributed by atoms with Gasteiger partial charge in [-0.1, -0.05) is 0 Å². The third kappa shape index (κ3) is 3.20.